The van der Waals surface area contributed by atoms with E-state index in [4.69, 9.17) is 4.74 Å². The number of hydrogen-bond donors (Lipinski definition) is 1. The van der Waals surface area contributed by atoms with Crippen molar-refractivity contribution in [1.29, 1.82) is 0 Å². The summed E-state index contributed by atoms with van der Waals surface area (Å²) >= 11 is 3.46. The third-order valence-electron chi connectivity index (χ3n) is 2.34. The zero-order valence-electron chi connectivity index (χ0n) is 11.9. The van der Waals surface area contributed by atoms with Gasteiger partial charge in [0.25, 0.3) is 5.91 Å². The van der Waals surface area contributed by atoms with Crippen LogP contribution < -0.4 is 5.32 Å². The third kappa shape index (κ3) is 4.45. The highest BCUT2D eigenvalue weighted by Gasteiger charge is 2.17. The second kappa shape index (κ2) is 8.15. The third-order valence-corrected chi connectivity index (χ3v) is 5.06. The molecule has 11 heteroatoms. The summed E-state index contributed by atoms with van der Waals surface area (Å²) in [5.41, 5.74) is 0.656. The number of carbonyl (C=O) groups excluding carboxylic acids is 2. The lowest BCUT2D eigenvalue weighted by molar-refractivity contribution is -0.139. The lowest BCUT2D eigenvalue weighted by Crippen LogP contribution is -2.12. The summed E-state index contributed by atoms with van der Waals surface area (Å²) in [7, 11) is 0. The molecule has 1 N–H and O–H groups in total. The summed E-state index contributed by atoms with van der Waals surface area (Å²) in [5.74, 6) is -0.448. The van der Waals surface area contributed by atoms with E-state index in [1.165, 1.54) is 23.1 Å². The number of hydrogen-bond acceptors (Lipinski definition) is 10. The molecule has 22 heavy (non-hydrogen) atoms. The van der Waals surface area contributed by atoms with Crippen molar-refractivity contribution >= 4 is 51.6 Å². The van der Waals surface area contributed by atoms with Crippen molar-refractivity contribution in [3.05, 3.63) is 10.6 Å². The van der Waals surface area contributed by atoms with Crippen LogP contribution >= 0.6 is 34.6 Å². The van der Waals surface area contributed by atoms with E-state index in [0.717, 1.165) is 11.5 Å². The van der Waals surface area contributed by atoms with E-state index in [9.17, 15) is 9.59 Å². The zero-order valence-corrected chi connectivity index (χ0v) is 14.3. The monoisotopic (exact) mass is 359 g/mol. The summed E-state index contributed by atoms with van der Waals surface area (Å²) in [6, 6.07) is 0. The standard InChI is InChI=1S/C11H13N5O3S3/c1-3-6-8(22-16-13-6)9(18)12-10-14-15-11(21-10)20-5-7(17)19-4-2/h3-5H2,1-2H3,(H,12,14,18). The minimum Gasteiger partial charge on any atom is -0.465 e. The van der Waals surface area contributed by atoms with Gasteiger partial charge in [0, 0.05) is 0 Å². The van der Waals surface area contributed by atoms with Gasteiger partial charge in [0.1, 0.15) is 4.88 Å². The van der Waals surface area contributed by atoms with E-state index in [1.807, 2.05) is 6.92 Å². The molecule has 0 atom stereocenters. The van der Waals surface area contributed by atoms with Crippen LogP contribution in [0.2, 0.25) is 0 Å². The Morgan fingerprint density at radius 1 is 1.27 bits per heavy atom. The van der Waals surface area contributed by atoms with E-state index < -0.39 is 0 Å². The number of aryl methyl sites for hydroxylation is 1. The normalized spacial score (nSPS) is 10.5. The van der Waals surface area contributed by atoms with Crippen molar-refractivity contribution in [2.45, 2.75) is 24.6 Å². The summed E-state index contributed by atoms with van der Waals surface area (Å²) in [5, 5.41) is 14.7. The maximum Gasteiger partial charge on any atom is 0.316 e. The molecule has 8 nitrogen and oxygen atoms in total. The van der Waals surface area contributed by atoms with Crippen LogP contribution in [0, 0.1) is 0 Å². The zero-order chi connectivity index (χ0) is 15.9. The maximum absolute atomic E-state index is 12.1. The van der Waals surface area contributed by atoms with Gasteiger partial charge in [-0.05, 0) is 24.9 Å². The molecule has 0 spiro atoms. The second-order valence-corrected chi connectivity index (χ2v) is 6.78. The lowest BCUT2D eigenvalue weighted by Gasteiger charge is -1.99. The van der Waals surface area contributed by atoms with Gasteiger partial charge in [0.05, 0.1) is 18.1 Å². The van der Waals surface area contributed by atoms with Crippen LogP contribution in [0.4, 0.5) is 5.13 Å². The van der Waals surface area contributed by atoms with Crippen LogP contribution in [0.25, 0.3) is 0 Å². The number of esters is 1. The number of carbonyl (C=O) groups is 2. The van der Waals surface area contributed by atoms with Gasteiger partial charge in [-0.3, -0.25) is 14.9 Å². The Morgan fingerprint density at radius 3 is 2.82 bits per heavy atom. The molecule has 0 fully saturated rings. The number of anilines is 1. The van der Waals surface area contributed by atoms with Crippen LogP contribution in [0.5, 0.6) is 0 Å². The van der Waals surface area contributed by atoms with Gasteiger partial charge in [0.15, 0.2) is 4.34 Å². The SMILES string of the molecule is CCOC(=O)CSc1nnc(NC(=O)c2snnc2CC)s1. The van der Waals surface area contributed by atoms with Crippen molar-refractivity contribution < 1.29 is 14.3 Å². The Hall–Kier alpha value is -1.59. The highest BCUT2D eigenvalue weighted by atomic mass is 32.2. The molecule has 118 valence electrons. The molecule has 0 saturated heterocycles. The quantitative estimate of drug-likeness (QED) is 0.453. The molecule has 0 aliphatic heterocycles. The Labute approximate surface area is 138 Å². The molecule has 0 saturated carbocycles. The van der Waals surface area contributed by atoms with Gasteiger partial charge < -0.3 is 4.74 Å². The fraction of sp³-hybridized carbons (Fsp3) is 0.455. The first-order chi connectivity index (χ1) is 10.6. The van der Waals surface area contributed by atoms with E-state index >= 15 is 0 Å². The van der Waals surface area contributed by atoms with Crippen molar-refractivity contribution in [1.82, 2.24) is 19.8 Å². The van der Waals surface area contributed by atoms with E-state index in [-0.39, 0.29) is 17.6 Å². The highest BCUT2D eigenvalue weighted by Crippen LogP contribution is 2.26. The molecular weight excluding hydrogens is 346 g/mol. The Morgan fingerprint density at radius 2 is 2.09 bits per heavy atom. The largest absolute Gasteiger partial charge is 0.465 e. The van der Waals surface area contributed by atoms with Crippen LogP contribution in [-0.2, 0) is 16.0 Å². The molecule has 0 aliphatic rings. The Kier molecular flexibility index (Phi) is 6.21. The average molecular weight is 359 g/mol. The number of amides is 1. The number of nitrogens with zero attached hydrogens (tertiary/aromatic N) is 4. The second-order valence-electron chi connectivity index (χ2n) is 3.82. The smallest absolute Gasteiger partial charge is 0.316 e. The number of aromatic nitrogens is 4. The minimum atomic E-state index is -0.309. The fourth-order valence-corrected chi connectivity index (χ4v) is 3.60. The van der Waals surface area contributed by atoms with Crippen LogP contribution in [0.15, 0.2) is 4.34 Å². The van der Waals surface area contributed by atoms with Gasteiger partial charge in [0.2, 0.25) is 5.13 Å². The molecule has 0 unspecified atom stereocenters. The predicted molar refractivity (Wildman–Crippen MR) is 84.5 cm³/mol. The summed E-state index contributed by atoms with van der Waals surface area (Å²) in [6.45, 7) is 4.00. The molecule has 0 bridgehead atoms. The molecule has 2 aromatic rings. The fourth-order valence-electron chi connectivity index (χ4n) is 1.41. The summed E-state index contributed by atoms with van der Waals surface area (Å²) in [6.07, 6.45) is 0.635. The van der Waals surface area contributed by atoms with Crippen molar-refractivity contribution in [2.75, 3.05) is 17.7 Å². The average Bonchev–Trinajstić information content (AvgIpc) is 3.14. The lowest BCUT2D eigenvalue weighted by atomic mass is 10.3. The first-order valence-corrected chi connectivity index (χ1v) is 8.96. The van der Waals surface area contributed by atoms with Gasteiger partial charge in [-0.25, -0.2) is 0 Å². The number of thioether (sulfide) groups is 1. The number of ether oxygens (including phenoxy) is 1. The van der Waals surface area contributed by atoms with Crippen LogP contribution in [0.3, 0.4) is 0 Å². The first kappa shape index (κ1) is 16.8. The van der Waals surface area contributed by atoms with Crippen molar-refractivity contribution in [3.8, 4) is 0 Å². The molecule has 0 radical (unpaired) electrons. The van der Waals surface area contributed by atoms with Crippen molar-refractivity contribution in [2.24, 2.45) is 0 Å². The molecule has 2 rings (SSSR count). The van der Waals surface area contributed by atoms with E-state index in [2.05, 4.69) is 25.1 Å². The molecular formula is C11H13N5O3S3. The van der Waals surface area contributed by atoms with Crippen LogP contribution in [-0.4, -0.2) is 44.0 Å². The summed E-state index contributed by atoms with van der Waals surface area (Å²) < 4.78 is 9.18. The van der Waals surface area contributed by atoms with Gasteiger partial charge >= 0.3 is 5.97 Å². The maximum atomic E-state index is 12.1. The van der Waals surface area contributed by atoms with Gasteiger partial charge in [-0.1, -0.05) is 34.5 Å². The Balaban J connectivity index is 1.92. The van der Waals surface area contributed by atoms with E-state index in [0.29, 0.717) is 33.1 Å². The number of rotatable bonds is 7. The first-order valence-electron chi connectivity index (χ1n) is 6.38. The predicted octanol–water partition coefficient (Wildman–Crippen LogP) is 1.86. The highest BCUT2D eigenvalue weighted by molar-refractivity contribution is 8.01. The molecule has 1 amide bonds. The Bertz CT molecular complexity index is 657. The van der Waals surface area contributed by atoms with Crippen LogP contribution in [0.1, 0.15) is 29.2 Å². The van der Waals surface area contributed by atoms with Gasteiger partial charge in [-0.15, -0.1) is 15.3 Å². The minimum absolute atomic E-state index is 0.162. The molecule has 0 aliphatic carbocycles. The van der Waals surface area contributed by atoms with Gasteiger partial charge in [-0.2, -0.15) is 0 Å². The number of nitrogens with one attached hydrogen (secondary N) is 1. The molecule has 0 aromatic carbocycles. The summed E-state index contributed by atoms with van der Waals surface area (Å²) in [4.78, 5) is 23.8. The molecule has 2 heterocycles. The topological polar surface area (TPSA) is 107 Å². The van der Waals surface area contributed by atoms with Crippen molar-refractivity contribution in [3.63, 3.8) is 0 Å². The molecule has 2 aromatic heterocycles. The van der Waals surface area contributed by atoms with E-state index in [1.54, 1.807) is 6.92 Å².